The van der Waals surface area contributed by atoms with Gasteiger partial charge in [0.15, 0.2) is 5.79 Å². The lowest BCUT2D eigenvalue weighted by molar-refractivity contribution is -0.152. The Morgan fingerprint density at radius 3 is 2.57 bits per heavy atom. The Morgan fingerprint density at radius 1 is 1.57 bits per heavy atom. The summed E-state index contributed by atoms with van der Waals surface area (Å²) in [5.41, 5.74) is -0.581. The third-order valence-electron chi connectivity index (χ3n) is 2.24. The first-order valence-corrected chi connectivity index (χ1v) is 4.65. The minimum absolute atomic E-state index is 0.403. The van der Waals surface area contributed by atoms with Gasteiger partial charge in [-0.15, -0.1) is 0 Å². The summed E-state index contributed by atoms with van der Waals surface area (Å²) in [5, 5.41) is 8.53. The first-order chi connectivity index (χ1) is 6.39. The Kier molecular flexibility index (Phi) is 2.97. The van der Waals surface area contributed by atoms with Crippen LogP contribution in [0.25, 0.3) is 0 Å². The average molecular weight is 200 g/mol. The fraction of sp³-hybridized carbons (Fsp3) is 0.700. The van der Waals surface area contributed by atoms with Crippen molar-refractivity contribution in [3.8, 4) is 0 Å². The van der Waals surface area contributed by atoms with E-state index < -0.39 is 17.4 Å². The molecule has 1 heterocycles. The first-order valence-electron chi connectivity index (χ1n) is 4.65. The van der Waals surface area contributed by atoms with Gasteiger partial charge in [0.1, 0.15) is 5.60 Å². The highest BCUT2D eigenvalue weighted by atomic mass is 16.8. The minimum atomic E-state index is -0.967. The van der Waals surface area contributed by atoms with Gasteiger partial charge in [-0.2, -0.15) is 0 Å². The maximum Gasteiger partial charge on any atom is 0.328 e. The Morgan fingerprint density at radius 2 is 2.21 bits per heavy atom. The predicted molar refractivity (Wildman–Crippen MR) is 50.9 cm³/mol. The Hall–Kier alpha value is -0.870. The molecule has 14 heavy (non-hydrogen) atoms. The molecule has 80 valence electrons. The Balaban J connectivity index is 2.75. The molecule has 1 aliphatic heterocycles. The lowest BCUT2D eigenvalue weighted by atomic mass is 10.0. The lowest BCUT2D eigenvalue weighted by Crippen LogP contribution is -2.31. The molecule has 0 aromatic carbocycles. The molecule has 1 atom stereocenters. The molecule has 0 aliphatic carbocycles. The van der Waals surface area contributed by atoms with E-state index in [2.05, 4.69) is 0 Å². The van der Waals surface area contributed by atoms with Gasteiger partial charge in [0.25, 0.3) is 0 Å². The molecule has 1 saturated heterocycles. The van der Waals surface area contributed by atoms with Crippen LogP contribution >= 0.6 is 0 Å². The van der Waals surface area contributed by atoms with E-state index in [1.165, 1.54) is 0 Å². The zero-order valence-corrected chi connectivity index (χ0v) is 8.74. The first kappa shape index (κ1) is 11.2. The second-order valence-corrected chi connectivity index (χ2v) is 3.88. The van der Waals surface area contributed by atoms with Crippen LogP contribution < -0.4 is 0 Å². The van der Waals surface area contributed by atoms with Crippen LogP contribution in [0.1, 0.15) is 27.2 Å². The van der Waals surface area contributed by atoms with E-state index in [9.17, 15) is 4.79 Å². The predicted octanol–water partition coefficient (Wildman–Crippen LogP) is 1.56. The molecule has 0 aromatic rings. The molecule has 4 heteroatoms. The van der Waals surface area contributed by atoms with Crippen molar-refractivity contribution >= 4 is 5.97 Å². The highest BCUT2D eigenvalue weighted by Gasteiger charge is 2.42. The van der Waals surface area contributed by atoms with Gasteiger partial charge in [-0.25, -0.2) is 4.79 Å². The number of rotatable bonds is 3. The van der Waals surface area contributed by atoms with E-state index in [0.29, 0.717) is 13.0 Å². The maximum atomic E-state index is 10.4. The van der Waals surface area contributed by atoms with Gasteiger partial charge in [0, 0.05) is 6.08 Å². The normalized spacial score (nSPS) is 31.1. The summed E-state index contributed by atoms with van der Waals surface area (Å²) in [5.74, 6) is -1.59. The maximum absolute atomic E-state index is 10.4. The molecule has 0 unspecified atom stereocenters. The zero-order chi connectivity index (χ0) is 10.8. The number of hydrogen-bond donors (Lipinski definition) is 1. The third-order valence-corrected chi connectivity index (χ3v) is 2.24. The number of aliphatic carboxylic acids is 1. The second kappa shape index (κ2) is 3.71. The topological polar surface area (TPSA) is 55.8 Å². The van der Waals surface area contributed by atoms with Crippen LogP contribution in [0.2, 0.25) is 0 Å². The van der Waals surface area contributed by atoms with Crippen LogP contribution in [-0.4, -0.2) is 29.1 Å². The summed E-state index contributed by atoms with van der Waals surface area (Å²) < 4.78 is 11.1. The van der Waals surface area contributed by atoms with Crippen LogP contribution in [0, 0.1) is 0 Å². The van der Waals surface area contributed by atoms with Crippen LogP contribution in [-0.2, 0) is 14.3 Å². The summed E-state index contributed by atoms with van der Waals surface area (Å²) in [6.45, 7) is 5.98. The molecule has 0 amide bonds. The fourth-order valence-corrected chi connectivity index (χ4v) is 1.44. The van der Waals surface area contributed by atoms with Crippen molar-refractivity contribution in [3.05, 3.63) is 12.2 Å². The largest absolute Gasteiger partial charge is 0.478 e. The van der Waals surface area contributed by atoms with Crippen LogP contribution in [0.5, 0.6) is 0 Å². The van der Waals surface area contributed by atoms with Gasteiger partial charge in [-0.1, -0.05) is 6.92 Å². The second-order valence-electron chi connectivity index (χ2n) is 3.88. The van der Waals surface area contributed by atoms with E-state index in [-0.39, 0.29) is 0 Å². The molecule has 0 bridgehead atoms. The molecule has 0 radical (unpaired) electrons. The highest BCUT2D eigenvalue weighted by molar-refractivity contribution is 5.79. The highest BCUT2D eigenvalue weighted by Crippen LogP contribution is 2.34. The van der Waals surface area contributed by atoms with E-state index in [4.69, 9.17) is 14.6 Å². The smallest absolute Gasteiger partial charge is 0.328 e. The molecule has 1 N–H and O–H groups in total. The molecule has 1 fully saturated rings. The fourth-order valence-electron chi connectivity index (χ4n) is 1.44. The summed E-state index contributed by atoms with van der Waals surface area (Å²) in [6.07, 6.45) is 3.36. The van der Waals surface area contributed by atoms with E-state index in [1.54, 1.807) is 6.08 Å². The van der Waals surface area contributed by atoms with Crippen molar-refractivity contribution in [1.82, 2.24) is 0 Å². The molecular weight excluding hydrogens is 184 g/mol. The van der Waals surface area contributed by atoms with Gasteiger partial charge in [0.2, 0.25) is 0 Å². The van der Waals surface area contributed by atoms with Gasteiger partial charge in [-0.3, -0.25) is 0 Å². The molecule has 4 nitrogen and oxygen atoms in total. The van der Waals surface area contributed by atoms with Crippen molar-refractivity contribution in [3.63, 3.8) is 0 Å². The van der Waals surface area contributed by atoms with E-state index in [1.807, 2.05) is 20.8 Å². The number of ether oxygens (including phenoxy) is 2. The molecule has 0 spiro atoms. The van der Waals surface area contributed by atoms with E-state index >= 15 is 0 Å². The lowest BCUT2D eigenvalue weighted by Gasteiger charge is -2.24. The summed E-state index contributed by atoms with van der Waals surface area (Å²) in [6, 6.07) is 0. The molecule has 1 aliphatic rings. The van der Waals surface area contributed by atoms with E-state index in [0.717, 1.165) is 6.08 Å². The van der Waals surface area contributed by atoms with Crippen LogP contribution in [0.3, 0.4) is 0 Å². The summed E-state index contributed by atoms with van der Waals surface area (Å²) in [7, 11) is 0. The number of carboxylic acid groups (broad SMARTS) is 1. The Bertz CT molecular complexity index is 257. The monoisotopic (exact) mass is 200 g/mol. The van der Waals surface area contributed by atoms with Crippen LogP contribution in [0.4, 0.5) is 0 Å². The summed E-state index contributed by atoms with van der Waals surface area (Å²) in [4.78, 5) is 10.4. The zero-order valence-electron chi connectivity index (χ0n) is 8.74. The van der Waals surface area contributed by atoms with Gasteiger partial charge < -0.3 is 14.6 Å². The SMILES string of the molecule is CC[C@]1(C=CC(=O)O)COC(C)(C)O1. The quantitative estimate of drug-likeness (QED) is 0.702. The van der Waals surface area contributed by atoms with Gasteiger partial charge >= 0.3 is 5.97 Å². The van der Waals surface area contributed by atoms with Crippen molar-refractivity contribution in [2.45, 2.75) is 38.6 Å². The van der Waals surface area contributed by atoms with Gasteiger partial charge in [-0.05, 0) is 26.3 Å². The van der Waals surface area contributed by atoms with Crippen molar-refractivity contribution < 1.29 is 19.4 Å². The molecule has 0 saturated carbocycles. The number of carbonyl (C=O) groups is 1. The average Bonchev–Trinajstić information content (AvgIpc) is 2.40. The van der Waals surface area contributed by atoms with Gasteiger partial charge in [0.05, 0.1) is 6.61 Å². The molecule has 1 rings (SSSR count). The third kappa shape index (κ3) is 2.56. The van der Waals surface area contributed by atoms with Crippen LogP contribution in [0.15, 0.2) is 12.2 Å². The molecule has 0 aromatic heterocycles. The number of carboxylic acids is 1. The summed E-state index contributed by atoms with van der Waals surface area (Å²) >= 11 is 0. The minimum Gasteiger partial charge on any atom is -0.478 e. The van der Waals surface area contributed by atoms with Crippen molar-refractivity contribution in [2.75, 3.05) is 6.61 Å². The molecular formula is C10H16O4. The van der Waals surface area contributed by atoms with Crippen molar-refractivity contribution in [2.24, 2.45) is 0 Å². The van der Waals surface area contributed by atoms with Crippen molar-refractivity contribution in [1.29, 1.82) is 0 Å². The Labute approximate surface area is 83.5 Å². The standard InChI is InChI=1S/C10H16O4/c1-4-10(6-5-8(11)12)7-13-9(2,3)14-10/h5-6H,4,7H2,1-3H3,(H,11,12)/t10-/m0/s1. The number of hydrogen-bond acceptors (Lipinski definition) is 3.